The normalized spacial score (nSPS) is 9.67. The van der Waals surface area contributed by atoms with Crippen molar-refractivity contribution in [3.05, 3.63) is 35.9 Å². The molecule has 0 aliphatic rings. The predicted octanol–water partition coefficient (Wildman–Crippen LogP) is 2.46. The highest BCUT2D eigenvalue weighted by atomic mass is 33.1. The van der Waals surface area contributed by atoms with Gasteiger partial charge in [-0.25, -0.2) is 0 Å². The average Bonchev–Trinajstić information content (AvgIpc) is 2.05. The molecule has 1 aromatic carbocycles. The molecule has 1 aromatic rings. The van der Waals surface area contributed by atoms with Gasteiger partial charge in [0, 0.05) is 5.75 Å². The van der Waals surface area contributed by atoms with Gasteiger partial charge in [-0.15, -0.1) is 0 Å². The van der Waals surface area contributed by atoms with Crippen LogP contribution in [0, 0.1) is 5.41 Å². The Morgan fingerprint density at radius 3 is 2.58 bits per heavy atom. The van der Waals surface area contributed by atoms with E-state index in [-0.39, 0.29) is 5.17 Å². The Balaban J connectivity index is 2.29. The largest absolute Gasteiger partial charge is 0.378 e. The van der Waals surface area contributed by atoms with E-state index in [4.69, 9.17) is 11.1 Å². The lowest BCUT2D eigenvalue weighted by molar-refractivity contribution is 1.43. The van der Waals surface area contributed by atoms with Crippen LogP contribution in [0.25, 0.3) is 0 Å². The number of nitrogens with one attached hydrogen (secondary N) is 1. The molecule has 0 aliphatic carbocycles. The van der Waals surface area contributed by atoms with Crippen LogP contribution in [0.2, 0.25) is 0 Å². The minimum absolute atomic E-state index is 0.163. The summed E-state index contributed by atoms with van der Waals surface area (Å²) in [6, 6.07) is 10.1. The van der Waals surface area contributed by atoms with Gasteiger partial charge in [0.05, 0.1) is 0 Å². The standard InChI is InChI=1S/C8H10N2S2/c9-8(10)12-11-6-7-4-2-1-3-5-7/h1-5H,6H2,(H3,9,10). The quantitative estimate of drug-likeness (QED) is 0.445. The van der Waals surface area contributed by atoms with E-state index in [1.165, 1.54) is 16.4 Å². The van der Waals surface area contributed by atoms with Crippen molar-refractivity contribution in [3.63, 3.8) is 0 Å². The van der Waals surface area contributed by atoms with E-state index in [0.717, 1.165) is 5.75 Å². The lowest BCUT2D eigenvalue weighted by Gasteiger charge is -1.98. The first kappa shape index (κ1) is 9.48. The monoisotopic (exact) mass is 198 g/mol. The minimum atomic E-state index is 0.163. The van der Waals surface area contributed by atoms with E-state index in [0.29, 0.717) is 0 Å². The van der Waals surface area contributed by atoms with Gasteiger partial charge < -0.3 is 5.73 Å². The summed E-state index contributed by atoms with van der Waals surface area (Å²) in [7, 11) is 2.89. The molecule has 12 heavy (non-hydrogen) atoms. The maximum absolute atomic E-state index is 6.98. The third-order valence-electron chi connectivity index (χ3n) is 1.22. The molecule has 0 amide bonds. The minimum Gasteiger partial charge on any atom is -0.378 e. The average molecular weight is 198 g/mol. The number of hydrogen-bond donors (Lipinski definition) is 2. The van der Waals surface area contributed by atoms with Gasteiger partial charge in [0.2, 0.25) is 0 Å². The summed E-state index contributed by atoms with van der Waals surface area (Å²) in [5.74, 6) is 0.894. The first-order chi connectivity index (χ1) is 5.79. The first-order valence-corrected chi connectivity index (χ1v) is 5.78. The molecule has 0 aliphatic heterocycles. The van der Waals surface area contributed by atoms with Gasteiger partial charge in [0.25, 0.3) is 0 Å². The molecule has 64 valence electrons. The number of amidine groups is 1. The van der Waals surface area contributed by atoms with E-state index in [2.05, 4.69) is 12.1 Å². The molecular weight excluding hydrogens is 188 g/mol. The Bertz CT molecular complexity index is 248. The Hall–Kier alpha value is -0.610. The number of hydrogen-bond acceptors (Lipinski definition) is 3. The lowest BCUT2D eigenvalue weighted by Crippen LogP contribution is -2.00. The SMILES string of the molecule is N=C(N)SSCc1ccccc1. The molecule has 0 unspecified atom stereocenters. The molecule has 0 aromatic heterocycles. The Morgan fingerprint density at radius 2 is 2.00 bits per heavy atom. The molecule has 0 heterocycles. The van der Waals surface area contributed by atoms with Gasteiger partial charge in [-0.2, -0.15) is 0 Å². The van der Waals surface area contributed by atoms with Crippen molar-refractivity contribution in [1.82, 2.24) is 0 Å². The van der Waals surface area contributed by atoms with E-state index in [1.807, 2.05) is 18.2 Å². The number of benzene rings is 1. The Morgan fingerprint density at radius 1 is 1.33 bits per heavy atom. The van der Waals surface area contributed by atoms with Crippen LogP contribution in [0.4, 0.5) is 0 Å². The van der Waals surface area contributed by atoms with E-state index in [1.54, 1.807) is 10.8 Å². The van der Waals surface area contributed by atoms with Crippen LogP contribution in [0.15, 0.2) is 30.3 Å². The molecule has 1 rings (SSSR count). The topological polar surface area (TPSA) is 49.9 Å². The van der Waals surface area contributed by atoms with Gasteiger partial charge in [0.15, 0.2) is 5.17 Å². The van der Waals surface area contributed by atoms with Crippen LogP contribution >= 0.6 is 21.6 Å². The molecule has 0 saturated carbocycles. The summed E-state index contributed by atoms with van der Waals surface area (Å²) < 4.78 is 0. The van der Waals surface area contributed by atoms with Crippen LogP contribution in [0.5, 0.6) is 0 Å². The van der Waals surface area contributed by atoms with Crippen LogP contribution in [0.1, 0.15) is 5.56 Å². The third-order valence-corrected chi connectivity index (χ3v) is 3.21. The summed E-state index contributed by atoms with van der Waals surface area (Å²) in [4.78, 5) is 0. The van der Waals surface area contributed by atoms with E-state index >= 15 is 0 Å². The van der Waals surface area contributed by atoms with Crippen molar-refractivity contribution in [3.8, 4) is 0 Å². The highest BCUT2D eigenvalue weighted by Gasteiger charge is 1.93. The molecule has 2 nitrogen and oxygen atoms in total. The van der Waals surface area contributed by atoms with Crippen molar-refractivity contribution in [1.29, 1.82) is 5.41 Å². The smallest absolute Gasteiger partial charge is 0.161 e. The van der Waals surface area contributed by atoms with E-state index in [9.17, 15) is 0 Å². The predicted molar refractivity (Wildman–Crippen MR) is 57.2 cm³/mol. The first-order valence-electron chi connectivity index (χ1n) is 3.46. The summed E-state index contributed by atoms with van der Waals surface area (Å²) >= 11 is 0. The maximum Gasteiger partial charge on any atom is 0.161 e. The molecular formula is C8H10N2S2. The highest BCUT2D eigenvalue weighted by molar-refractivity contribution is 8.81. The van der Waals surface area contributed by atoms with Crippen LogP contribution < -0.4 is 5.73 Å². The summed E-state index contributed by atoms with van der Waals surface area (Å²) in [6.07, 6.45) is 0. The van der Waals surface area contributed by atoms with Crippen molar-refractivity contribution < 1.29 is 0 Å². The molecule has 0 atom stereocenters. The van der Waals surface area contributed by atoms with Crippen LogP contribution in [-0.4, -0.2) is 5.17 Å². The Kier molecular flexibility index (Phi) is 4.04. The second-order valence-electron chi connectivity index (χ2n) is 2.20. The van der Waals surface area contributed by atoms with Gasteiger partial charge in [-0.3, -0.25) is 5.41 Å². The van der Waals surface area contributed by atoms with Gasteiger partial charge in [0.1, 0.15) is 0 Å². The lowest BCUT2D eigenvalue weighted by atomic mass is 10.2. The third kappa shape index (κ3) is 3.69. The highest BCUT2D eigenvalue weighted by Crippen LogP contribution is 2.24. The zero-order valence-electron chi connectivity index (χ0n) is 6.49. The molecule has 4 heteroatoms. The fourth-order valence-electron chi connectivity index (χ4n) is 0.735. The van der Waals surface area contributed by atoms with Crippen molar-refractivity contribution in [2.24, 2.45) is 5.73 Å². The summed E-state index contributed by atoms with van der Waals surface area (Å²) in [5, 5.41) is 7.14. The van der Waals surface area contributed by atoms with Crippen LogP contribution in [-0.2, 0) is 5.75 Å². The zero-order chi connectivity index (χ0) is 8.81. The fraction of sp³-hybridized carbons (Fsp3) is 0.125. The number of nitrogens with two attached hydrogens (primary N) is 1. The summed E-state index contributed by atoms with van der Waals surface area (Å²) in [5.41, 5.74) is 6.44. The van der Waals surface area contributed by atoms with Crippen molar-refractivity contribution >= 4 is 26.8 Å². The second-order valence-corrected chi connectivity index (χ2v) is 4.53. The van der Waals surface area contributed by atoms with E-state index < -0.39 is 0 Å². The molecule has 0 saturated heterocycles. The Labute approximate surface area is 79.8 Å². The van der Waals surface area contributed by atoms with Gasteiger partial charge >= 0.3 is 0 Å². The van der Waals surface area contributed by atoms with Crippen LogP contribution in [0.3, 0.4) is 0 Å². The van der Waals surface area contributed by atoms with Crippen molar-refractivity contribution in [2.75, 3.05) is 0 Å². The molecule has 0 radical (unpaired) electrons. The number of rotatable bonds is 3. The fourth-order valence-corrected chi connectivity index (χ4v) is 2.22. The second kappa shape index (κ2) is 5.11. The van der Waals surface area contributed by atoms with Crippen molar-refractivity contribution in [2.45, 2.75) is 5.75 Å². The van der Waals surface area contributed by atoms with Gasteiger partial charge in [-0.1, -0.05) is 41.1 Å². The molecule has 0 fully saturated rings. The molecule has 0 spiro atoms. The zero-order valence-corrected chi connectivity index (χ0v) is 8.12. The van der Waals surface area contributed by atoms with Gasteiger partial charge in [-0.05, 0) is 16.4 Å². The molecule has 3 N–H and O–H groups in total. The maximum atomic E-state index is 6.98. The summed E-state index contributed by atoms with van der Waals surface area (Å²) in [6.45, 7) is 0. The molecule has 0 bridgehead atoms.